The highest BCUT2D eigenvalue weighted by Crippen LogP contribution is 2.09. The predicted molar refractivity (Wildman–Crippen MR) is 54.6 cm³/mol. The summed E-state index contributed by atoms with van der Waals surface area (Å²) < 4.78 is 5.03. The van der Waals surface area contributed by atoms with E-state index in [4.69, 9.17) is 4.74 Å². The second-order valence-electron chi connectivity index (χ2n) is 4.23. The van der Waals surface area contributed by atoms with Crippen LogP contribution in [0.4, 0.5) is 4.79 Å². The summed E-state index contributed by atoms with van der Waals surface area (Å²) in [5.41, 5.74) is -0.630. The summed E-state index contributed by atoms with van der Waals surface area (Å²) in [6.45, 7) is 6.28. The first-order chi connectivity index (χ1) is 6.76. The lowest BCUT2D eigenvalue weighted by atomic mass is 10.2. The molecule has 86 valence electrons. The molecule has 0 fully saturated rings. The van der Waals surface area contributed by atoms with Gasteiger partial charge >= 0.3 is 6.09 Å². The minimum Gasteiger partial charge on any atom is -0.444 e. The summed E-state index contributed by atoms with van der Waals surface area (Å²) in [6.07, 6.45) is -0.0860. The van der Waals surface area contributed by atoms with Crippen LogP contribution < -0.4 is 0 Å². The van der Waals surface area contributed by atoms with E-state index in [2.05, 4.69) is 0 Å². The van der Waals surface area contributed by atoms with E-state index in [1.165, 1.54) is 6.92 Å². The van der Waals surface area contributed by atoms with E-state index in [0.29, 0.717) is 6.29 Å². The summed E-state index contributed by atoms with van der Waals surface area (Å²) in [6, 6.07) is 0. The molecule has 0 atom stereocenters. The maximum absolute atomic E-state index is 11.5. The third-order valence-corrected chi connectivity index (χ3v) is 1.36. The van der Waals surface area contributed by atoms with Crippen molar-refractivity contribution >= 4 is 18.2 Å². The van der Waals surface area contributed by atoms with Crippen molar-refractivity contribution < 1.29 is 19.1 Å². The number of aldehydes is 1. The van der Waals surface area contributed by atoms with E-state index < -0.39 is 11.7 Å². The summed E-state index contributed by atoms with van der Waals surface area (Å²) in [7, 11) is 0. The lowest BCUT2D eigenvalue weighted by molar-refractivity contribution is -0.118. The molecule has 0 N–H and O–H groups in total. The van der Waals surface area contributed by atoms with Crippen molar-refractivity contribution in [2.24, 2.45) is 0 Å². The Labute approximate surface area is 89.4 Å². The highest BCUT2D eigenvalue weighted by Gasteiger charge is 2.22. The molecule has 0 saturated carbocycles. The van der Waals surface area contributed by atoms with Crippen LogP contribution >= 0.6 is 0 Å². The number of hydrogen-bond acceptors (Lipinski definition) is 4. The molecule has 15 heavy (non-hydrogen) atoms. The van der Waals surface area contributed by atoms with Gasteiger partial charge in [0.25, 0.3) is 0 Å². The third-order valence-electron chi connectivity index (χ3n) is 1.36. The van der Waals surface area contributed by atoms with E-state index in [-0.39, 0.29) is 18.9 Å². The van der Waals surface area contributed by atoms with Gasteiger partial charge in [-0.3, -0.25) is 9.69 Å². The van der Waals surface area contributed by atoms with Crippen LogP contribution in [0.3, 0.4) is 0 Å². The van der Waals surface area contributed by atoms with Crippen molar-refractivity contribution in [1.82, 2.24) is 4.90 Å². The van der Waals surface area contributed by atoms with Crippen LogP contribution in [0.15, 0.2) is 0 Å². The molecule has 5 nitrogen and oxygen atoms in total. The first-order valence-corrected chi connectivity index (χ1v) is 4.67. The van der Waals surface area contributed by atoms with Crippen molar-refractivity contribution in [1.29, 1.82) is 0 Å². The van der Waals surface area contributed by atoms with E-state index in [9.17, 15) is 14.4 Å². The van der Waals surface area contributed by atoms with Gasteiger partial charge < -0.3 is 9.53 Å². The zero-order valence-electron chi connectivity index (χ0n) is 9.57. The highest BCUT2D eigenvalue weighted by molar-refractivity contribution is 5.83. The number of carbonyl (C=O) groups is 3. The molecule has 0 aromatic heterocycles. The molecular formula is C10H17NO4. The molecule has 0 spiro atoms. The van der Waals surface area contributed by atoms with E-state index >= 15 is 0 Å². The topological polar surface area (TPSA) is 63.7 Å². The Bertz CT molecular complexity index is 255. The van der Waals surface area contributed by atoms with Gasteiger partial charge in [-0.15, -0.1) is 0 Å². The van der Waals surface area contributed by atoms with Crippen molar-refractivity contribution in [3.63, 3.8) is 0 Å². The van der Waals surface area contributed by atoms with E-state index in [0.717, 1.165) is 4.90 Å². The maximum Gasteiger partial charge on any atom is 0.411 e. The lowest BCUT2D eigenvalue weighted by Crippen LogP contribution is -2.40. The third kappa shape index (κ3) is 6.65. The molecule has 5 heteroatoms. The van der Waals surface area contributed by atoms with Gasteiger partial charge in [-0.2, -0.15) is 0 Å². The SMILES string of the molecule is CC(=O)CN(CC=O)C(=O)OC(C)(C)C. The molecule has 0 bridgehead atoms. The number of Topliss-reactive ketones (excluding diaryl/α,β-unsaturated/α-hetero) is 1. The number of nitrogens with zero attached hydrogens (tertiary/aromatic N) is 1. The number of ether oxygens (including phenoxy) is 1. The molecule has 0 aliphatic rings. The standard InChI is InChI=1S/C10H17NO4/c1-8(13)7-11(5-6-12)9(14)15-10(2,3)4/h6H,5,7H2,1-4H3. The average molecular weight is 215 g/mol. The van der Waals surface area contributed by atoms with Crippen LogP contribution in [-0.4, -0.2) is 41.8 Å². The fourth-order valence-electron chi connectivity index (χ4n) is 0.889. The Morgan fingerprint density at radius 3 is 2.20 bits per heavy atom. The number of ketones is 1. The quantitative estimate of drug-likeness (QED) is 0.656. The van der Waals surface area contributed by atoms with Crippen LogP contribution in [0.1, 0.15) is 27.7 Å². The average Bonchev–Trinajstić information content (AvgIpc) is 1.99. The monoisotopic (exact) mass is 215 g/mol. The summed E-state index contributed by atoms with van der Waals surface area (Å²) in [4.78, 5) is 33.7. The van der Waals surface area contributed by atoms with Crippen LogP contribution in [0.2, 0.25) is 0 Å². The second-order valence-corrected chi connectivity index (χ2v) is 4.23. The van der Waals surface area contributed by atoms with Gasteiger partial charge in [-0.25, -0.2) is 4.79 Å². The van der Waals surface area contributed by atoms with Gasteiger partial charge in [0.2, 0.25) is 0 Å². The van der Waals surface area contributed by atoms with E-state index in [1.54, 1.807) is 20.8 Å². The Morgan fingerprint density at radius 1 is 1.33 bits per heavy atom. The van der Waals surface area contributed by atoms with E-state index in [1.807, 2.05) is 0 Å². The predicted octanol–water partition coefficient (Wildman–Crippen LogP) is 1.01. The lowest BCUT2D eigenvalue weighted by Gasteiger charge is -2.25. The number of rotatable bonds is 4. The molecule has 0 aromatic rings. The molecule has 0 aliphatic carbocycles. The fraction of sp³-hybridized carbons (Fsp3) is 0.700. The van der Waals surface area contributed by atoms with Crippen molar-refractivity contribution in [2.75, 3.05) is 13.1 Å². The minimum atomic E-state index is -0.648. The summed E-state index contributed by atoms with van der Waals surface area (Å²) in [5, 5.41) is 0. The van der Waals surface area contributed by atoms with Crippen LogP contribution in [0.5, 0.6) is 0 Å². The second kappa shape index (κ2) is 5.48. The fourth-order valence-corrected chi connectivity index (χ4v) is 0.889. The first kappa shape index (κ1) is 13.6. The number of amides is 1. The number of carbonyl (C=O) groups excluding carboxylic acids is 3. The molecule has 0 saturated heterocycles. The normalized spacial score (nSPS) is 10.7. The zero-order chi connectivity index (χ0) is 12.1. The Balaban J connectivity index is 4.41. The van der Waals surface area contributed by atoms with Crippen molar-refractivity contribution in [3.8, 4) is 0 Å². The highest BCUT2D eigenvalue weighted by atomic mass is 16.6. The van der Waals surface area contributed by atoms with Crippen LogP contribution in [0.25, 0.3) is 0 Å². The smallest absolute Gasteiger partial charge is 0.411 e. The molecule has 0 heterocycles. The molecule has 0 aromatic carbocycles. The van der Waals surface area contributed by atoms with Gasteiger partial charge in [0.05, 0.1) is 13.1 Å². The van der Waals surface area contributed by atoms with Crippen molar-refractivity contribution in [2.45, 2.75) is 33.3 Å². The summed E-state index contributed by atoms with van der Waals surface area (Å²) >= 11 is 0. The Hall–Kier alpha value is -1.39. The Kier molecular flexibility index (Phi) is 4.97. The molecule has 0 rings (SSSR count). The number of hydrogen-bond donors (Lipinski definition) is 0. The first-order valence-electron chi connectivity index (χ1n) is 4.67. The van der Waals surface area contributed by atoms with Gasteiger partial charge in [-0.05, 0) is 27.7 Å². The molecule has 0 aliphatic heterocycles. The molecule has 1 amide bonds. The molecule has 0 radical (unpaired) electrons. The van der Waals surface area contributed by atoms with Gasteiger partial charge in [0.15, 0.2) is 0 Å². The minimum absolute atomic E-state index is 0.104. The van der Waals surface area contributed by atoms with Crippen LogP contribution in [0, 0.1) is 0 Å². The summed E-state index contributed by atoms with van der Waals surface area (Å²) in [5.74, 6) is -0.192. The maximum atomic E-state index is 11.5. The molecular weight excluding hydrogens is 198 g/mol. The molecule has 0 unspecified atom stereocenters. The van der Waals surface area contributed by atoms with Crippen LogP contribution in [-0.2, 0) is 14.3 Å². The van der Waals surface area contributed by atoms with Crippen molar-refractivity contribution in [3.05, 3.63) is 0 Å². The van der Waals surface area contributed by atoms with Gasteiger partial charge in [0.1, 0.15) is 17.7 Å². The van der Waals surface area contributed by atoms with Gasteiger partial charge in [0, 0.05) is 0 Å². The van der Waals surface area contributed by atoms with Gasteiger partial charge in [-0.1, -0.05) is 0 Å². The Morgan fingerprint density at radius 2 is 1.87 bits per heavy atom. The zero-order valence-corrected chi connectivity index (χ0v) is 9.57. The largest absolute Gasteiger partial charge is 0.444 e.